The van der Waals surface area contributed by atoms with Gasteiger partial charge in [0.2, 0.25) is 8.03 Å². The van der Waals surface area contributed by atoms with Crippen LogP contribution in [0.1, 0.15) is 6.92 Å². The molecule has 0 aromatic rings. The highest BCUT2D eigenvalue weighted by molar-refractivity contribution is 7.39. The molecule has 0 amide bonds. The van der Waals surface area contributed by atoms with Crippen LogP contribution in [0.4, 0.5) is 0 Å². The van der Waals surface area contributed by atoms with Gasteiger partial charge >= 0.3 is 5.97 Å². The van der Waals surface area contributed by atoms with Crippen molar-refractivity contribution in [1.82, 2.24) is 0 Å². The first-order valence-corrected chi connectivity index (χ1v) is 6.97. The summed E-state index contributed by atoms with van der Waals surface area (Å²) in [6, 6.07) is 0. The van der Waals surface area contributed by atoms with Crippen molar-refractivity contribution in [3.63, 3.8) is 0 Å². The van der Waals surface area contributed by atoms with Gasteiger partial charge in [0.25, 0.3) is 0 Å². The van der Waals surface area contributed by atoms with Crippen LogP contribution in [0, 0.1) is 0 Å². The summed E-state index contributed by atoms with van der Waals surface area (Å²) < 4.78 is 27.1. The molecular weight excluding hydrogens is 257 g/mol. The third-order valence-electron chi connectivity index (χ3n) is 2.10. The van der Waals surface area contributed by atoms with Crippen LogP contribution in [0.2, 0.25) is 0 Å². The lowest BCUT2D eigenvalue weighted by atomic mass is 10.5. The molecule has 0 aliphatic rings. The Labute approximate surface area is 109 Å². The van der Waals surface area contributed by atoms with Gasteiger partial charge in [0, 0.05) is 0 Å². The first-order valence-electron chi connectivity index (χ1n) is 5.58. The number of ether oxygens (including phenoxy) is 2. The zero-order valence-electron chi connectivity index (χ0n) is 11.7. The first kappa shape index (κ1) is 17.2. The number of carbonyl (C=O) groups is 1. The van der Waals surface area contributed by atoms with Gasteiger partial charge in [-0.05, 0) is 13.5 Å². The number of likely N-dealkylation sites (N-methyl/N-ethyl adjacent to an activating group) is 1. The summed E-state index contributed by atoms with van der Waals surface area (Å²) in [6.07, 6.45) is 0. The van der Waals surface area contributed by atoms with E-state index in [2.05, 4.69) is 11.3 Å². The Bertz CT molecular complexity index is 324. The lowest BCUT2D eigenvalue weighted by molar-refractivity contribution is -0.870. The number of hydrogen-bond acceptors (Lipinski definition) is 5. The normalized spacial score (nSPS) is 14.7. The van der Waals surface area contributed by atoms with E-state index in [9.17, 15) is 9.36 Å². The van der Waals surface area contributed by atoms with Crippen molar-refractivity contribution in [3.8, 4) is 0 Å². The number of methoxy groups -OCH3 is 1. The zero-order valence-corrected chi connectivity index (χ0v) is 12.7. The molecule has 0 aromatic carbocycles. The average Bonchev–Trinajstić information content (AvgIpc) is 2.25. The molecule has 2 unspecified atom stereocenters. The largest absolute Gasteiger partial charge is 0.490 e. The summed E-state index contributed by atoms with van der Waals surface area (Å²) >= 11 is 0. The van der Waals surface area contributed by atoms with Gasteiger partial charge < -0.3 is 18.5 Å². The maximum absolute atomic E-state index is 11.7. The minimum Gasteiger partial charge on any atom is -0.490 e. The Morgan fingerprint density at radius 2 is 1.94 bits per heavy atom. The molecule has 18 heavy (non-hydrogen) atoms. The van der Waals surface area contributed by atoms with Crippen molar-refractivity contribution < 1.29 is 27.8 Å². The van der Waals surface area contributed by atoms with Gasteiger partial charge in [-0.1, -0.05) is 0 Å². The van der Waals surface area contributed by atoms with Gasteiger partial charge in [-0.15, -0.1) is 0 Å². The topological polar surface area (TPSA) is 61.8 Å². The lowest BCUT2D eigenvalue weighted by Gasteiger charge is -2.23. The van der Waals surface area contributed by atoms with Crippen molar-refractivity contribution in [2.45, 2.75) is 12.8 Å². The molecule has 106 valence electrons. The molecule has 0 fully saturated rings. The molecule has 0 heterocycles. The molecule has 0 spiro atoms. The fraction of sp³-hybridized carbons (Fsp3) is 0.727. The molecule has 0 radical (unpaired) electrons. The molecular formula is C11H23NO5P+. The Morgan fingerprint density at radius 1 is 1.39 bits per heavy atom. The van der Waals surface area contributed by atoms with E-state index in [-0.39, 0.29) is 5.76 Å². The van der Waals surface area contributed by atoms with Crippen LogP contribution >= 0.6 is 8.03 Å². The molecule has 0 aliphatic carbocycles. The minimum absolute atomic E-state index is 0.122. The maximum Gasteiger partial charge on any atom is 0.373 e. The van der Waals surface area contributed by atoms with E-state index in [4.69, 9.17) is 9.26 Å². The number of carbonyl (C=O) groups excluding carboxylic acids is 1. The van der Waals surface area contributed by atoms with E-state index in [0.717, 1.165) is 6.54 Å². The van der Waals surface area contributed by atoms with E-state index >= 15 is 0 Å². The SMILES string of the molecule is C=C(OC)C(=O)OC(C)[PH](=O)OCC[N+](C)(C)C. The second-order valence-electron chi connectivity index (χ2n) is 4.86. The van der Waals surface area contributed by atoms with Gasteiger partial charge in [-0.3, -0.25) is 4.57 Å². The Balaban J connectivity index is 4.04. The van der Waals surface area contributed by atoms with Crippen LogP contribution in [0.5, 0.6) is 0 Å². The fourth-order valence-electron chi connectivity index (χ4n) is 0.895. The van der Waals surface area contributed by atoms with Crippen LogP contribution < -0.4 is 0 Å². The van der Waals surface area contributed by atoms with Crippen LogP contribution in [-0.2, 0) is 23.4 Å². The molecule has 2 atom stereocenters. The number of esters is 1. The standard InChI is InChI=1S/C11H23NO5P/c1-9(15-6)11(13)17-10(2)18(14)16-8-7-12(3,4)5/h10,18H,1,7-8H2,2-6H3/q+1. The van der Waals surface area contributed by atoms with Crippen molar-refractivity contribution in [2.24, 2.45) is 0 Å². The molecule has 6 nitrogen and oxygen atoms in total. The van der Waals surface area contributed by atoms with Crippen LogP contribution in [0.3, 0.4) is 0 Å². The Kier molecular flexibility index (Phi) is 7.21. The second kappa shape index (κ2) is 7.56. The molecule has 0 aliphatic heterocycles. The molecule has 0 saturated heterocycles. The van der Waals surface area contributed by atoms with E-state index in [1.807, 2.05) is 21.1 Å². The average molecular weight is 280 g/mol. The molecule has 0 rings (SSSR count). The number of quaternary nitrogens is 1. The summed E-state index contributed by atoms with van der Waals surface area (Å²) in [6.45, 7) is 5.95. The van der Waals surface area contributed by atoms with Crippen molar-refractivity contribution in [3.05, 3.63) is 12.3 Å². The predicted molar refractivity (Wildman–Crippen MR) is 69.6 cm³/mol. The van der Waals surface area contributed by atoms with Crippen molar-refractivity contribution in [1.29, 1.82) is 0 Å². The van der Waals surface area contributed by atoms with Gasteiger partial charge in [-0.2, -0.15) is 0 Å². The number of nitrogens with zero attached hydrogens (tertiary/aromatic N) is 1. The van der Waals surface area contributed by atoms with Gasteiger partial charge in [-0.25, -0.2) is 4.79 Å². The number of hydrogen-bond donors (Lipinski definition) is 0. The van der Waals surface area contributed by atoms with Crippen LogP contribution in [-0.4, -0.2) is 57.7 Å². The highest BCUT2D eigenvalue weighted by Crippen LogP contribution is 2.30. The van der Waals surface area contributed by atoms with Gasteiger partial charge in [0.1, 0.15) is 13.2 Å². The highest BCUT2D eigenvalue weighted by atomic mass is 31.1. The molecule has 0 bridgehead atoms. The Morgan fingerprint density at radius 3 is 2.39 bits per heavy atom. The summed E-state index contributed by atoms with van der Waals surface area (Å²) in [5.74, 6) is -1.64. The smallest absolute Gasteiger partial charge is 0.373 e. The van der Waals surface area contributed by atoms with Gasteiger partial charge in [0.05, 0.1) is 28.3 Å². The fourth-order valence-corrected chi connectivity index (χ4v) is 1.63. The van der Waals surface area contributed by atoms with E-state index < -0.39 is 19.8 Å². The predicted octanol–water partition coefficient (Wildman–Crippen LogP) is 1.23. The minimum atomic E-state index is -2.43. The Hall–Kier alpha value is -0.840. The van der Waals surface area contributed by atoms with Crippen molar-refractivity contribution >= 4 is 14.0 Å². The van der Waals surface area contributed by atoms with E-state index in [1.165, 1.54) is 14.0 Å². The monoisotopic (exact) mass is 280 g/mol. The zero-order chi connectivity index (χ0) is 14.3. The number of rotatable bonds is 8. The lowest BCUT2D eigenvalue weighted by Crippen LogP contribution is -2.37. The van der Waals surface area contributed by atoms with Crippen molar-refractivity contribution in [2.75, 3.05) is 41.4 Å². The summed E-state index contributed by atoms with van der Waals surface area (Å²) in [5.41, 5.74) is 0. The van der Waals surface area contributed by atoms with Crippen LogP contribution in [0.15, 0.2) is 12.3 Å². The van der Waals surface area contributed by atoms with E-state index in [0.29, 0.717) is 11.1 Å². The quantitative estimate of drug-likeness (QED) is 0.220. The third kappa shape index (κ3) is 7.48. The summed E-state index contributed by atoms with van der Waals surface area (Å²) in [5, 5.41) is 0. The van der Waals surface area contributed by atoms with Gasteiger partial charge in [0.15, 0.2) is 11.6 Å². The van der Waals surface area contributed by atoms with E-state index in [1.54, 1.807) is 0 Å². The molecule has 0 N–H and O–H groups in total. The second-order valence-corrected chi connectivity index (χ2v) is 6.60. The summed E-state index contributed by atoms with van der Waals surface area (Å²) in [4.78, 5) is 11.3. The molecule has 7 heteroatoms. The van der Waals surface area contributed by atoms with Crippen LogP contribution in [0.25, 0.3) is 0 Å². The first-order chi connectivity index (χ1) is 8.17. The molecule has 0 aromatic heterocycles. The maximum atomic E-state index is 11.7. The summed E-state index contributed by atoms with van der Waals surface area (Å²) in [7, 11) is 4.91. The third-order valence-corrected chi connectivity index (χ3v) is 3.37. The molecule has 0 saturated carbocycles. The highest BCUT2D eigenvalue weighted by Gasteiger charge is 2.19.